The van der Waals surface area contributed by atoms with E-state index < -0.39 is 0 Å². The standard InChI is InChI=1S/C22H27IN4OS/c1-15-12-17(23)7-8-19(15)25-21(28)20-9-6-16(2)27(20)13-18-14-29-22(24-18)26-10-4-3-5-11-26/h6-9,14-15H,3-5,10-13H2,1-2H3,(H,25,28). The van der Waals surface area contributed by atoms with Crippen molar-refractivity contribution in [2.45, 2.75) is 46.1 Å². The molecule has 0 spiro atoms. The van der Waals surface area contributed by atoms with E-state index in [1.807, 2.05) is 25.1 Å². The maximum Gasteiger partial charge on any atom is 0.272 e. The molecule has 3 heterocycles. The average molecular weight is 522 g/mol. The maximum absolute atomic E-state index is 13.0. The smallest absolute Gasteiger partial charge is 0.272 e. The molecule has 1 atom stereocenters. The van der Waals surface area contributed by atoms with Gasteiger partial charge in [0.1, 0.15) is 5.69 Å². The Morgan fingerprint density at radius 3 is 2.83 bits per heavy atom. The number of piperidine rings is 1. The number of aryl methyl sites for hydroxylation is 1. The lowest BCUT2D eigenvalue weighted by Gasteiger charge is -2.25. The van der Waals surface area contributed by atoms with Crippen LogP contribution in [0.15, 0.2) is 38.9 Å². The highest BCUT2D eigenvalue weighted by Gasteiger charge is 2.20. The number of carbonyl (C=O) groups is 1. The first-order valence-electron chi connectivity index (χ1n) is 10.2. The summed E-state index contributed by atoms with van der Waals surface area (Å²) in [5.74, 6) is 0.277. The van der Waals surface area contributed by atoms with Crippen LogP contribution in [0, 0.1) is 12.8 Å². The van der Waals surface area contributed by atoms with Crippen LogP contribution in [0.4, 0.5) is 5.13 Å². The molecule has 2 aromatic rings. The first kappa shape index (κ1) is 20.7. The third-order valence-corrected chi connectivity index (χ3v) is 7.40. The second-order valence-corrected chi connectivity index (χ2v) is 10.1. The molecule has 4 rings (SSSR count). The molecule has 0 saturated carbocycles. The monoisotopic (exact) mass is 522 g/mol. The number of hydrogen-bond acceptors (Lipinski definition) is 4. The third kappa shape index (κ3) is 4.77. The first-order chi connectivity index (χ1) is 14.0. The summed E-state index contributed by atoms with van der Waals surface area (Å²) in [7, 11) is 0. The predicted octanol–water partition coefficient (Wildman–Crippen LogP) is 5.26. The minimum absolute atomic E-state index is 0.0482. The van der Waals surface area contributed by atoms with E-state index in [0.29, 0.717) is 18.2 Å². The second kappa shape index (κ2) is 9.04. The molecule has 1 N–H and O–H groups in total. The van der Waals surface area contributed by atoms with Crippen molar-refractivity contribution in [3.05, 3.63) is 56.0 Å². The highest BCUT2D eigenvalue weighted by Crippen LogP contribution is 2.28. The maximum atomic E-state index is 13.0. The van der Waals surface area contributed by atoms with Crippen molar-refractivity contribution < 1.29 is 4.79 Å². The molecular weight excluding hydrogens is 495 g/mol. The van der Waals surface area contributed by atoms with Crippen molar-refractivity contribution in [2.24, 2.45) is 5.92 Å². The van der Waals surface area contributed by atoms with Crippen LogP contribution in [0.1, 0.15) is 54.5 Å². The van der Waals surface area contributed by atoms with E-state index in [1.165, 1.54) is 22.8 Å². The fourth-order valence-corrected chi connectivity index (χ4v) is 5.62. The second-order valence-electron chi connectivity index (χ2n) is 7.91. The van der Waals surface area contributed by atoms with Gasteiger partial charge in [-0.05, 0) is 77.0 Å². The Labute approximate surface area is 190 Å². The number of nitrogens with zero attached hydrogens (tertiary/aromatic N) is 3. The Morgan fingerprint density at radius 1 is 1.28 bits per heavy atom. The van der Waals surface area contributed by atoms with Gasteiger partial charge in [-0.15, -0.1) is 11.3 Å². The highest BCUT2D eigenvalue weighted by atomic mass is 127. The lowest BCUT2D eigenvalue weighted by molar-refractivity contribution is 0.0952. The van der Waals surface area contributed by atoms with Crippen molar-refractivity contribution in [3.63, 3.8) is 0 Å². The first-order valence-corrected chi connectivity index (χ1v) is 12.2. The van der Waals surface area contributed by atoms with Gasteiger partial charge in [0, 0.05) is 35.8 Å². The molecule has 154 valence electrons. The lowest BCUT2D eigenvalue weighted by atomic mass is 9.99. The van der Waals surface area contributed by atoms with E-state index in [4.69, 9.17) is 4.98 Å². The van der Waals surface area contributed by atoms with Crippen LogP contribution in [0.5, 0.6) is 0 Å². The van der Waals surface area contributed by atoms with E-state index in [2.05, 4.69) is 55.8 Å². The third-order valence-electron chi connectivity index (χ3n) is 5.65. The Kier molecular flexibility index (Phi) is 6.44. The Morgan fingerprint density at radius 2 is 2.07 bits per heavy atom. The summed E-state index contributed by atoms with van der Waals surface area (Å²) < 4.78 is 3.39. The zero-order chi connectivity index (χ0) is 20.4. The van der Waals surface area contributed by atoms with E-state index >= 15 is 0 Å². The summed E-state index contributed by atoms with van der Waals surface area (Å²) >= 11 is 4.07. The predicted molar refractivity (Wildman–Crippen MR) is 128 cm³/mol. The molecule has 0 bridgehead atoms. The van der Waals surface area contributed by atoms with Gasteiger partial charge in [-0.3, -0.25) is 4.79 Å². The number of hydrogen-bond donors (Lipinski definition) is 1. The van der Waals surface area contributed by atoms with Gasteiger partial charge < -0.3 is 14.8 Å². The van der Waals surface area contributed by atoms with E-state index in [1.54, 1.807) is 11.3 Å². The van der Waals surface area contributed by atoms with Gasteiger partial charge in [0.15, 0.2) is 5.13 Å². The van der Waals surface area contributed by atoms with Crippen molar-refractivity contribution in [1.29, 1.82) is 0 Å². The van der Waals surface area contributed by atoms with Gasteiger partial charge in [-0.2, -0.15) is 0 Å². The van der Waals surface area contributed by atoms with Crippen LogP contribution in [-0.4, -0.2) is 28.5 Å². The van der Waals surface area contributed by atoms with E-state index in [9.17, 15) is 4.79 Å². The molecule has 0 radical (unpaired) electrons. The summed E-state index contributed by atoms with van der Waals surface area (Å²) in [6.07, 6.45) is 8.90. The summed E-state index contributed by atoms with van der Waals surface area (Å²) in [4.78, 5) is 20.2. The molecule has 1 unspecified atom stereocenters. The number of halogens is 1. The number of aromatic nitrogens is 2. The molecule has 1 saturated heterocycles. The van der Waals surface area contributed by atoms with E-state index in [-0.39, 0.29) is 5.91 Å². The fourth-order valence-electron chi connectivity index (χ4n) is 3.91. The van der Waals surface area contributed by atoms with Crippen LogP contribution in [0.25, 0.3) is 0 Å². The topological polar surface area (TPSA) is 50.2 Å². The summed E-state index contributed by atoms with van der Waals surface area (Å²) in [6.45, 7) is 7.02. The lowest BCUT2D eigenvalue weighted by Crippen LogP contribution is -2.29. The fraction of sp³-hybridized carbons (Fsp3) is 0.455. The minimum atomic E-state index is -0.0482. The molecule has 5 nitrogen and oxygen atoms in total. The molecule has 1 fully saturated rings. The van der Waals surface area contributed by atoms with Crippen LogP contribution in [0.3, 0.4) is 0 Å². The SMILES string of the molecule is Cc1ccc(C(=O)NC2=CC=C(I)CC2C)n1Cc1csc(N2CCCCC2)n1. The summed E-state index contributed by atoms with van der Waals surface area (Å²) in [5, 5.41) is 6.37. The van der Waals surface area contributed by atoms with Crippen molar-refractivity contribution in [1.82, 2.24) is 14.9 Å². The summed E-state index contributed by atoms with van der Waals surface area (Å²) in [6, 6.07) is 3.92. The number of amides is 1. The number of thiazole rings is 1. The largest absolute Gasteiger partial charge is 0.348 e. The van der Waals surface area contributed by atoms with Gasteiger partial charge >= 0.3 is 0 Å². The average Bonchev–Trinajstić information content (AvgIpc) is 3.32. The Bertz CT molecular complexity index is 952. The van der Waals surface area contributed by atoms with E-state index in [0.717, 1.165) is 41.7 Å². The number of allylic oxidation sites excluding steroid dienone is 4. The highest BCUT2D eigenvalue weighted by molar-refractivity contribution is 14.1. The minimum Gasteiger partial charge on any atom is -0.348 e. The molecule has 7 heteroatoms. The molecule has 1 aliphatic heterocycles. The van der Waals surface area contributed by atoms with Gasteiger partial charge in [-0.25, -0.2) is 4.98 Å². The van der Waals surface area contributed by atoms with Crippen molar-refractivity contribution >= 4 is 45.0 Å². The normalized spacial score (nSPS) is 19.7. The van der Waals surface area contributed by atoms with Crippen LogP contribution in [-0.2, 0) is 6.54 Å². The molecule has 2 aromatic heterocycles. The quantitative estimate of drug-likeness (QED) is 0.545. The molecular formula is C22H27IN4OS. The summed E-state index contributed by atoms with van der Waals surface area (Å²) in [5.41, 5.74) is 3.77. The van der Waals surface area contributed by atoms with Crippen molar-refractivity contribution in [3.8, 4) is 0 Å². The van der Waals surface area contributed by atoms with Crippen LogP contribution in [0.2, 0.25) is 0 Å². The number of carbonyl (C=O) groups excluding carboxylic acids is 1. The molecule has 1 aliphatic carbocycles. The van der Waals surface area contributed by atoms with Crippen molar-refractivity contribution in [2.75, 3.05) is 18.0 Å². The molecule has 2 aliphatic rings. The molecule has 29 heavy (non-hydrogen) atoms. The van der Waals surface area contributed by atoms with Gasteiger partial charge in [0.05, 0.1) is 12.2 Å². The van der Waals surface area contributed by atoms with Crippen LogP contribution < -0.4 is 10.2 Å². The van der Waals surface area contributed by atoms with Gasteiger partial charge in [-0.1, -0.05) is 13.0 Å². The van der Waals surface area contributed by atoms with Gasteiger partial charge in [0.25, 0.3) is 5.91 Å². The number of nitrogens with one attached hydrogen (secondary N) is 1. The molecule has 0 aromatic carbocycles. The zero-order valence-electron chi connectivity index (χ0n) is 16.9. The van der Waals surface area contributed by atoms with Gasteiger partial charge in [0.2, 0.25) is 0 Å². The Balaban J connectivity index is 1.49. The number of anilines is 1. The molecule has 1 amide bonds. The zero-order valence-corrected chi connectivity index (χ0v) is 19.9. The number of rotatable bonds is 5. The van der Waals surface area contributed by atoms with Crippen LogP contribution >= 0.6 is 33.9 Å². The Hall–Kier alpha value is -1.61.